The van der Waals surface area contributed by atoms with E-state index in [1.807, 2.05) is 0 Å². The topological polar surface area (TPSA) is 58.2 Å². The zero-order valence-electron chi connectivity index (χ0n) is 20.5. The number of nitrogens with one attached hydrogen (secondary N) is 2. The van der Waals surface area contributed by atoms with Gasteiger partial charge in [-0.3, -0.25) is 4.79 Å². The van der Waals surface area contributed by atoms with E-state index in [0.29, 0.717) is 12.1 Å². The minimum absolute atomic E-state index is 0.00317. The Morgan fingerprint density at radius 3 is 2.00 bits per heavy atom. The van der Waals surface area contributed by atoms with Crippen molar-refractivity contribution in [2.24, 2.45) is 0 Å². The highest BCUT2D eigenvalue weighted by atomic mass is 35.5. The zero-order chi connectivity index (χ0) is 31.2. The second-order valence-electron chi connectivity index (χ2n) is 8.58. The number of urea groups is 1. The van der Waals surface area contributed by atoms with Crippen molar-refractivity contribution in [3.05, 3.63) is 73.7 Å². The molecule has 0 fully saturated rings. The molecule has 4 nitrogen and oxygen atoms in total. The van der Waals surface area contributed by atoms with Gasteiger partial charge in [-0.05, 0) is 42.2 Å². The molecule has 2 N–H and O–H groups in total. The van der Waals surface area contributed by atoms with Crippen LogP contribution in [0.15, 0.2) is 36.4 Å². The highest BCUT2D eigenvalue weighted by molar-refractivity contribution is 6.48. The first-order chi connectivity index (χ1) is 18.8. The SMILES string of the molecule is O=C(NCCCCC(=O)c1ccc(/C=C/C(c2cc(Cl)c(Cl)c(Cl)c2)C(F)(F)F)cc1C(F)(F)F)NCC(F)(F)F. The van der Waals surface area contributed by atoms with Gasteiger partial charge < -0.3 is 10.6 Å². The van der Waals surface area contributed by atoms with Crippen molar-refractivity contribution in [1.29, 1.82) is 0 Å². The van der Waals surface area contributed by atoms with E-state index in [9.17, 15) is 49.1 Å². The van der Waals surface area contributed by atoms with Gasteiger partial charge in [0.05, 0.1) is 26.5 Å². The van der Waals surface area contributed by atoms with E-state index < -0.39 is 65.9 Å². The van der Waals surface area contributed by atoms with E-state index >= 15 is 0 Å². The van der Waals surface area contributed by atoms with Crippen molar-refractivity contribution in [3.63, 3.8) is 0 Å². The van der Waals surface area contributed by atoms with Crippen molar-refractivity contribution >= 4 is 52.7 Å². The van der Waals surface area contributed by atoms with Gasteiger partial charge in [-0.25, -0.2) is 4.79 Å². The quantitative estimate of drug-likeness (QED) is 0.116. The van der Waals surface area contributed by atoms with Gasteiger partial charge in [0.15, 0.2) is 5.78 Å². The molecule has 0 aromatic heterocycles. The van der Waals surface area contributed by atoms with Gasteiger partial charge >= 0.3 is 24.6 Å². The summed E-state index contributed by atoms with van der Waals surface area (Å²) in [5.74, 6) is -3.22. The molecule has 0 spiro atoms. The third-order valence-corrected chi connectivity index (χ3v) is 6.61. The Balaban J connectivity index is 2.15. The average Bonchev–Trinajstić information content (AvgIpc) is 2.84. The molecule has 0 aliphatic heterocycles. The fourth-order valence-electron chi connectivity index (χ4n) is 3.50. The van der Waals surface area contributed by atoms with Gasteiger partial charge in [0.25, 0.3) is 0 Å². The van der Waals surface area contributed by atoms with Crippen molar-refractivity contribution in [1.82, 2.24) is 10.6 Å². The van der Waals surface area contributed by atoms with Crippen LogP contribution in [0.1, 0.15) is 52.2 Å². The number of amides is 2. The minimum atomic E-state index is -5.02. The third kappa shape index (κ3) is 10.9. The number of allylic oxidation sites excluding steroid dienone is 1. The van der Waals surface area contributed by atoms with Crippen LogP contribution in [0.5, 0.6) is 0 Å². The van der Waals surface area contributed by atoms with E-state index in [1.54, 1.807) is 5.32 Å². The normalized spacial score (nSPS) is 13.4. The Kier molecular flexibility index (Phi) is 11.8. The molecule has 0 heterocycles. The number of rotatable bonds is 10. The molecule has 0 radical (unpaired) electrons. The van der Waals surface area contributed by atoms with E-state index in [-0.39, 0.29) is 40.0 Å². The van der Waals surface area contributed by atoms with Gasteiger partial charge in [-0.15, -0.1) is 0 Å². The molecule has 1 unspecified atom stereocenters. The van der Waals surface area contributed by atoms with Crippen LogP contribution in [0.2, 0.25) is 15.1 Å². The van der Waals surface area contributed by atoms with Gasteiger partial charge in [-0.2, -0.15) is 39.5 Å². The lowest BCUT2D eigenvalue weighted by atomic mass is 9.94. The molecule has 2 amide bonds. The highest BCUT2D eigenvalue weighted by Gasteiger charge is 2.40. The predicted octanol–water partition coefficient (Wildman–Crippen LogP) is 9.24. The number of carbonyl (C=O) groups excluding carboxylic acids is 2. The Morgan fingerprint density at radius 1 is 0.854 bits per heavy atom. The van der Waals surface area contributed by atoms with Crippen molar-refractivity contribution < 1.29 is 49.1 Å². The number of unbranched alkanes of at least 4 members (excludes halogenated alkanes) is 1. The molecule has 2 rings (SSSR count). The first-order valence-electron chi connectivity index (χ1n) is 11.5. The second kappa shape index (κ2) is 14.0. The summed E-state index contributed by atoms with van der Waals surface area (Å²) in [6, 6.07) is 3.18. The van der Waals surface area contributed by atoms with Crippen molar-refractivity contribution in [2.75, 3.05) is 13.1 Å². The molecule has 2 aromatic carbocycles. The number of benzene rings is 2. The number of Topliss-reactive ketones (excluding diaryl/α,β-unsaturated/α-hetero) is 1. The van der Waals surface area contributed by atoms with Gasteiger partial charge in [0, 0.05) is 18.5 Å². The fraction of sp³-hybridized carbons (Fsp3) is 0.360. The molecule has 41 heavy (non-hydrogen) atoms. The van der Waals surface area contributed by atoms with Crippen LogP contribution in [0.4, 0.5) is 44.3 Å². The Bertz CT molecular complexity index is 1250. The standard InChI is InChI=1S/C25H20Cl3F9N2O2/c26-18-10-14(11-19(27)21(18)28)16(24(32,33)34)7-5-13-4-6-15(17(9-13)25(35,36)37)20(40)3-1-2-8-38-22(41)39-12-23(29,30)31/h4-7,9-11,16H,1-3,8,12H2,(H2,38,39,41)/b7-5+. The minimum Gasteiger partial charge on any atom is -0.338 e. The Morgan fingerprint density at radius 2 is 1.46 bits per heavy atom. The maximum atomic E-state index is 13.7. The van der Waals surface area contributed by atoms with E-state index in [1.165, 1.54) is 0 Å². The largest absolute Gasteiger partial charge is 0.417 e. The molecule has 0 saturated carbocycles. The monoisotopic (exact) mass is 656 g/mol. The lowest BCUT2D eigenvalue weighted by Crippen LogP contribution is -2.41. The average molecular weight is 658 g/mol. The molecule has 0 bridgehead atoms. The summed E-state index contributed by atoms with van der Waals surface area (Å²) < 4.78 is 119. The van der Waals surface area contributed by atoms with Crippen molar-refractivity contribution in [2.45, 2.75) is 43.7 Å². The lowest BCUT2D eigenvalue weighted by Gasteiger charge is -2.18. The summed E-state index contributed by atoms with van der Waals surface area (Å²) in [5, 5.41) is 3.02. The van der Waals surface area contributed by atoms with Gasteiger partial charge in [-0.1, -0.05) is 59.1 Å². The van der Waals surface area contributed by atoms with Crippen LogP contribution in [0.25, 0.3) is 6.08 Å². The van der Waals surface area contributed by atoms with E-state index in [2.05, 4.69) is 5.32 Å². The zero-order valence-corrected chi connectivity index (χ0v) is 22.8. The number of alkyl halides is 9. The molecule has 0 aliphatic carbocycles. The van der Waals surface area contributed by atoms with Crippen molar-refractivity contribution in [3.8, 4) is 0 Å². The first-order valence-corrected chi connectivity index (χ1v) is 12.6. The van der Waals surface area contributed by atoms with Crippen LogP contribution in [0, 0.1) is 0 Å². The van der Waals surface area contributed by atoms with Gasteiger partial charge in [0.1, 0.15) is 6.54 Å². The number of ketones is 1. The van der Waals surface area contributed by atoms with Crippen LogP contribution < -0.4 is 10.6 Å². The molecule has 1 atom stereocenters. The van der Waals surface area contributed by atoms with E-state index in [4.69, 9.17) is 34.8 Å². The molecule has 226 valence electrons. The highest BCUT2D eigenvalue weighted by Crippen LogP contribution is 2.41. The maximum absolute atomic E-state index is 13.7. The summed E-state index contributed by atoms with van der Waals surface area (Å²) in [6.45, 7) is -1.69. The Labute approximate surface area is 242 Å². The number of halogens is 12. The third-order valence-electron chi connectivity index (χ3n) is 5.41. The van der Waals surface area contributed by atoms with Crippen LogP contribution in [-0.2, 0) is 6.18 Å². The van der Waals surface area contributed by atoms with E-state index in [0.717, 1.165) is 30.3 Å². The molecule has 16 heteroatoms. The molecule has 2 aromatic rings. The molecular weight excluding hydrogens is 638 g/mol. The Hall–Kier alpha value is -2.64. The summed E-state index contributed by atoms with van der Waals surface area (Å²) in [6.07, 6.45) is -13.4. The fourth-order valence-corrected chi connectivity index (χ4v) is 4.12. The van der Waals surface area contributed by atoms with Crippen LogP contribution in [-0.4, -0.2) is 37.3 Å². The molecule has 0 saturated heterocycles. The second-order valence-corrected chi connectivity index (χ2v) is 9.78. The number of hydrogen-bond acceptors (Lipinski definition) is 2. The van der Waals surface area contributed by atoms with Crippen LogP contribution >= 0.6 is 34.8 Å². The molecular formula is C25H20Cl3F9N2O2. The summed E-state index contributed by atoms with van der Waals surface area (Å²) in [5.41, 5.74) is -2.75. The van der Waals surface area contributed by atoms with Gasteiger partial charge in [0.2, 0.25) is 0 Å². The molecule has 0 aliphatic rings. The van der Waals surface area contributed by atoms with Crippen LogP contribution in [0.3, 0.4) is 0 Å². The number of carbonyl (C=O) groups is 2. The predicted molar refractivity (Wildman–Crippen MR) is 136 cm³/mol. The summed E-state index contributed by atoms with van der Waals surface area (Å²) in [7, 11) is 0. The summed E-state index contributed by atoms with van der Waals surface area (Å²) in [4.78, 5) is 23.8. The smallest absolute Gasteiger partial charge is 0.338 e. The maximum Gasteiger partial charge on any atom is 0.417 e. The first kappa shape index (κ1) is 34.6. The lowest BCUT2D eigenvalue weighted by molar-refractivity contribution is -0.139. The summed E-state index contributed by atoms with van der Waals surface area (Å²) >= 11 is 17.4. The number of hydrogen-bond donors (Lipinski definition) is 2.